The third-order valence-electron chi connectivity index (χ3n) is 1.22. The van der Waals surface area contributed by atoms with Crippen LogP contribution in [0, 0.1) is 17.3 Å². The molecule has 0 spiro atoms. The van der Waals surface area contributed by atoms with Crippen molar-refractivity contribution in [3.8, 4) is 11.8 Å². The Balaban J connectivity index is 2.38. The van der Waals surface area contributed by atoms with Gasteiger partial charge in [-0.25, -0.2) is 5.10 Å². The number of nitrogens with zero attached hydrogens (tertiary/aromatic N) is 2. The average Bonchev–Trinajstić information content (AvgIpc) is 2.44. The maximum atomic E-state index is 5.37. The lowest BCUT2D eigenvalue weighted by Crippen LogP contribution is -1.99. The van der Waals surface area contributed by atoms with E-state index in [0.717, 1.165) is 0 Å². The number of hydrogen-bond acceptors (Lipinski definition) is 4. The summed E-state index contributed by atoms with van der Waals surface area (Å²) in [6, 6.07) is 0. The summed E-state index contributed by atoms with van der Waals surface area (Å²) in [5.41, 5.74) is 5.43. The van der Waals surface area contributed by atoms with Crippen LogP contribution >= 0.6 is 11.8 Å². The van der Waals surface area contributed by atoms with Gasteiger partial charge in [0.05, 0.1) is 5.75 Å². The van der Waals surface area contributed by atoms with Crippen molar-refractivity contribution in [1.29, 1.82) is 0 Å². The van der Waals surface area contributed by atoms with Crippen molar-refractivity contribution in [2.24, 2.45) is 5.41 Å². The van der Waals surface area contributed by atoms with Crippen molar-refractivity contribution in [2.75, 3.05) is 11.5 Å². The quantitative estimate of drug-likeness (QED) is 0.574. The minimum Gasteiger partial charge on any atom is -0.368 e. The molecule has 76 valence electrons. The normalized spacial score (nSPS) is 10.8. The predicted molar refractivity (Wildman–Crippen MR) is 58.8 cm³/mol. The van der Waals surface area contributed by atoms with Crippen molar-refractivity contribution in [2.45, 2.75) is 25.9 Å². The van der Waals surface area contributed by atoms with Gasteiger partial charge in [0.25, 0.3) is 0 Å². The van der Waals surface area contributed by atoms with Crippen molar-refractivity contribution < 1.29 is 0 Å². The van der Waals surface area contributed by atoms with Gasteiger partial charge < -0.3 is 5.73 Å². The predicted octanol–water partition coefficient (Wildman–Crippen LogP) is 1.53. The van der Waals surface area contributed by atoms with E-state index in [2.05, 4.69) is 47.8 Å². The maximum Gasteiger partial charge on any atom is 0.216 e. The highest BCUT2D eigenvalue weighted by atomic mass is 32.2. The van der Waals surface area contributed by atoms with Crippen LogP contribution in [0.2, 0.25) is 0 Å². The van der Waals surface area contributed by atoms with Crippen molar-refractivity contribution >= 4 is 17.7 Å². The molecule has 0 aliphatic rings. The minimum atomic E-state index is 0.0542. The number of thioether (sulfide) groups is 1. The number of nitrogens with one attached hydrogen (secondary N) is 1. The van der Waals surface area contributed by atoms with Gasteiger partial charge in [0.15, 0.2) is 0 Å². The summed E-state index contributed by atoms with van der Waals surface area (Å²) < 4.78 is 0. The van der Waals surface area contributed by atoms with E-state index in [-0.39, 0.29) is 5.41 Å². The molecule has 0 radical (unpaired) electrons. The van der Waals surface area contributed by atoms with E-state index in [1.165, 1.54) is 11.8 Å². The minimum absolute atomic E-state index is 0.0542. The summed E-state index contributed by atoms with van der Waals surface area (Å²) in [4.78, 5) is 3.95. The highest BCUT2D eigenvalue weighted by Gasteiger charge is 2.03. The zero-order chi connectivity index (χ0) is 10.6. The summed E-state index contributed by atoms with van der Waals surface area (Å²) in [6.45, 7) is 6.24. The Hall–Kier alpha value is -1.15. The summed E-state index contributed by atoms with van der Waals surface area (Å²) in [7, 11) is 0. The molecular weight excluding hydrogens is 196 g/mol. The van der Waals surface area contributed by atoms with Crippen LogP contribution in [-0.4, -0.2) is 20.9 Å². The lowest BCUT2D eigenvalue weighted by atomic mass is 9.98. The molecule has 1 aromatic rings. The van der Waals surface area contributed by atoms with Gasteiger partial charge in [-0.1, -0.05) is 23.6 Å². The van der Waals surface area contributed by atoms with Gasteiger partial charge in [-0.3, -0.25) is 0 Å². The van der Waals surface area contributed by atoms with Crippen LogP contribution in [0.5, 0.6) is 0 Å². The first kappa shape index (κ1) is 10.9. The van der Waals surface area contributed by atoms with Crippen molar-refractivity contribution in [3.05, 3.63) is 0 Å². The van der Waals surface area contributed by atoms with Gasteiger partial charge in [-0.15, -0.1) is 5.10 Å². The molecule has 14 heavy (non-hydrogen) atoms. The Morgan fingerprint density at radius 3 is 2.71 bits per heavy atom. The average molecular weight is 210 g/mol. The van der Waals surface area contributed by atoms with Crippen LogP contribution in [0.3, 0.4) is 0 Å². The molecule has 5 heteroatoms. The summed E-state index contributed by atoms with van der Waals surface area (Å²) in [5, 5.41) is 7.10. The second kappa shape index (κ2) is 4.38. The van der Waals surface area contributed by atoms with E-state index in [1.807, 2.05) is 0 Å². The standard InChI is InChI=1S/C9H14N4S/c1-9(2,3)5-4-6-14-8-11-7(10)12-13-8/h6H2,1-3H3,(H3,10,11,12,13). The van der Waals surface area contributed by atoms with Crippen LogP contribution in [0.1, 0.15) is 20.8 Å². The number of aromatic amines is 1. The fourth-order valence-corrected chi connectivity index (χ4v) is 1.27. The first-order valence-corrected chi connectivity index (χ1v) is 5.27. The Morgan fingerprint density at radius 2 is 2.21 bits per heavy atom. The lowest BCUT2D eigenvalue weighted by Gasteiger charge is -2.06. The number of hydrogen-bond donors (Lipinski definition) is 2. The van der Waals surface area contributed by atoms with E-state index in [1.54, 1.807) is 0 Å². The molecule has 0 aliphatic carbocycles. The molecule has 0 saturated carbocycles. The van der Waals surface area contributed by atoms with Crippen LogP contribution in [-0.2, 0) is 0 Å². The second-order valence-corrected chi connectivity index (χ2v) is 4.79. The number of nitrogen functional groups attached to an aromatic ring is 1. The molecule has 1 heterocycles. The van der Waals surface area contributed by atoms with Crippen molar-refractivity contribution in [1.82, 2.24) is 15.2 Å². The molecule has 0 fully saturated rings. The molecule has 0 atom stereocenters. The van der Waals surface area contributed by atoms with Gasteiger partial charge in [-0.2, -0.15) is 4.98 Å². The Morgan fingerprint density at radius 1 is 1.50 bits per heavy atom. The first-order valence-electron chi connectivity index (χ1n) is 4.28. The SMILES string of the molecule is CC(C)(C)C#CCSc1n[nH]c(N)n1. The van der Waals surface area contributed by atoms with E-state index < -0.39 is 0 Å². The van der Waals surface area contributed by atoms with Crippen molar-refractivity contribution in [3.63, 3.8) is 0 Å². The summed E-state index contributed by atoms with van der Waals surface area (Å²) in [6.07, 6.45) is 0. The van der Waals surface area contributed by atoms with E-state index in [9.17, 15) is 0 Å². The van der Waals surface area contributed by atoms with Gasteiger partial charge in [0.1, 0.15) is 0 Å². The highest BCUT2D eigenvalue weighted by Crippen LogP contribution is 2.13. The number of aromatic nitrogens is 3. The zero-order valence-electron chi connectivity index (χ0n) is 8.59. The zero-order valence-corrected chi connectivity index (χ0v) is 9.40. The molecule has 3 N–H and O–H groups in total. The van der Waals surface area contributed by atoms with E-state index in [4.69, 9.17) is 5.73 Å². The monoisotopic (exact) mass is 210 g/mol. The number of H-pyrrole nitrogens is 1. The van der Waals surface area contributed by atoms with Crippen LogP contribution in [0.25, 0.3) is 0 Å². The van der Waals surface area contributed by atoms with Crippen LogP contribution in [0.4, 0.5) is 5.95 Å². The lowest BCUT2D eigenvalue weighted by molar-refractivity contribution is 0.571. The molecule has 1 rings (SSSR count). The molecular formula is C9H14N4S. The van der Waals surface area contributed by atoms with Crippen LogP contribution < -0.4 is 5.73 Å². The topological polar surface area (TPSA) is 67.6 Å². The molecule has 4 nitrogen and oxygen atoms in total. The van der Waals surface area contributed by atoms with Crippen LogP contribution in [0.15, 0.2) is 5.16 Å². The van der Waals surface area contributed by atoms with E-state index in [0.29, 0.717) is 16.9 Å². The summed E-state index contributed by atoms with van der Waals surface area (Å²) in [5.74, 6) is 7.23. The maximum absolute atomic E-state index is 5.37. The number of nitrogens with two attached hydrogens (primary N) is 1. The Kier molecular flexibility index (Phi) is 3.42. The van der Waals surface area contributed by atoms with Gasteiger partial charge >= 0.3 is 0 Å². The highest BCUT2D eigenvalue weighted by molar-refractivity contribution is 7.99. The van der Waals surface area contributed by atoms with Gasteiger partial charge in [0.2, 0.25) is 11.1 Å². The van der Waals surface area contributed by atoms with Gasteiger partial charge in [0, 0.05) is 5.41 Å². The Labute approximate surface area is 88.1 Å². The fourth-order valence-electron chi connectivity index (χ4n) is 0.725. The van der Waals surface area contributed by atoms with E-state index >= 15 is 0 Å². The largest absolute Gasteiger partial charge is 0.368 e. The molecule has 0 unspecified atom stereocenters. The first-order chi connectivity index (χ1) is 6.47. The third kappa shape index (κ3) is 4.19. The second-order valence-electron chi connectivity index (χ2n) is 3.84. The number of anilines is 1. The fraction of sp³-hybridized carbons (Fsp3) is 0.556. The Bertz CT molecular complexity index is 353. The smallest absolute Gasteiger partial charge is 0.216 e. The third-order valence-corrected chi connectivity index (χ3v) is 1.95. The molecule has 0 bridgehead atoms. The number of rotatable bonds is 2. The molecule has 0 saturated heterocycles. The molecule has 0 aliphatic heterocycles. The summed E-state index contributed by atoms with van der Waals surface area (Å²) >= 11 is 1.47. The van der Waals surface area contributed by atoms with Gasteiger partial charge in [-0.05, 0) is 20.8 Å². The molecule has 1 aromatic heterocycles. The molecule has 0 aromatic carbocycles. The molecule has 0 amide bonds.